The molecule has 0 saturated carbocycles. The summed E-state index contributed by atoms with van der Waals surface area (Å²) in [5.41, 5.74) is -0.456. The van der Waals surface area contributed by atoms with Crippen LogP contribution < -0.4 is 14.2 Å². The summed E-state index contributed by atoms with van der Waals surface area (Å²) in [5.74, 6) is 0.814. The van der Waals surface area contributed by atoms with E-state index >= 15 is 0 Å². The van der Waals surface area contributed by atoms with Gasteiger partial charge in [0.2, 0.25) is 5.75 Å². The van der Waals surface area contributed by atoms with Crippen molar-refractivity contribution >= 4 is 17.8 Å². The van der Waals surface area contributed by atoms with E-state index in [1.165, 1.54) is 33.3 Å². The number of likely N-dealkylation sites (N-methyl/N-ethyl adjacent to an activating group) is 2. The van der Waals surface area contributed by atoms with Crippen LogP contribution >= 0.6 is 0 Å². The summed E-state index contributed by atoms with van der Waals surface area (Å²) in [6.07, 6.45) is 0.795. The third-order valence-electron chi connectivity index (χ3n) is 5.71. The molecule has 2 aliphatic heterocycles. The average molecular weight is 391 g/mol. The SMILES string of the molecule is COc1cc(C(=O)N2CCC3(CC2)C(=O)N(C)C(=O)N3C)cc(OC)c1OC. The summed E-state index contributed by atoms with van der Waals surface area (Å²) >= 11 is 0. The molecule has 0 radical (unpaired) electrons. The normalized spacial score (nSPS) is 18.7. The highest BCUT2D eigenvalue weighted by atomic mass is 16.5. The van der Waals surface area contributed by atoms with E-state index in [1.54, 1.807) is 24.1 Å². The molecule has 152 valence electrons. The third kappa shape index (κ3) is 2.81. The molecule has 9 nitrogen and oxygen atoms in total. The fraction of sp³-hybridized carbons (Fsp3) is 0.526. The molecule has 9 heteroatoms. The largest absolute Gasteiger partial charge is 0.493 e. The predicted molar refractivity (Wildman–Crippen MR) is 99.9 cm³/mol. The maximum absolute atomic E-state index is 13.0. The van der Waals surface area contributed by atoms with Gasteiger partial charge in [0.15, 0.2) is 11.5 Å². The van der Waals surface area contributed by atoms with Crippen LogP contribution in [0.25, 0.3) is 0 Å². The minimum absolute atomic E-state index is 0.193. The van der Waals surface area contributed by atoms with Crippen molar-refractivity contribution in [3.05, 3.63) is 17.7 Å². The smallest absolute Gasteiger partial charge is 0.327 e. The monoisotopic (exact) mass is 391 g/mol. The molecule has 4 amide bonds. The number of amides is 4. The van der Waals surface area contributed by atoms with Crippen LogP contribution in [-0.4, -0.2) is 86.6 Å². The Morgan fingerprint density at radius 3 is 1.89 bits per heavy atom. The van der Waals surface area contributed by atoms with Crippen LogP contribution in [0.4, 0.5) is 4.79 Å². The molecule has 2 heterocycles. The molecule has 0 aromatic heterocycles. The first-order valence-corrected chi connectivity index (χ1v) is 8.96. The Hall–Kier alpha value is -2.97. The Labute approximate surface area is 163 Å². The lowest BCUT2D eigenvalue weighted by Crippen LogP contribution is -2.56. The van der Waals surface area contributed by atoms with Crippen molar-refractivity contribution < 1.29 is 28.6 Å². The minimum Gasteiger partial charge on any atom is -0.493 e. The van der Waals surface area contributed by atoms with E-state index in [2.05, 4.69) is 0 Å². The van der Waals surface area contributed by atoms with Crippen molar-refractivity contribution in [1.82, 2.24) is 14.7 Å². The summed E-state index contributed by atoms with van der Waals surface area (Å²) in [4.78, 5) is 42.1. The Bertz CT molecular complexity index is 791. The Morgan fingerprint density at radius 2 is 1.50 bits per heavy atom. The lowest BCUT2D eigenvalue weighted by atomic mass is 9.86. The zero-order chi connectivity index (χ0) is 20.6. The fourth-order valence-corrected chi connectivity index (χ4v) is 3.97. The van der Waals surface area contributed by atoms with Gasteiger partial charge in [-0.2, -0.15) is 0 Å². The Balaban J connectivity index is 1.81. The standard InChI is InChI=1S/C19H25N3O6/c1-20-17(24)19(21(2)18(20)25)6-8-22(9-7-19)16(23)12-10-13(26-3)15(28-5)14(11-12)27-4/h10-11H,6-9H2,1-5H3. The molecule has 3 rings (SSSR count). The van der Waals surface area contributed by atoms with Gasteiger partial charge >= 0.3 is 6.03 Å². The number of methoxy groups -OCH3 is 3. The molecule has 1 spiro atoms. The van der Waals surface area contributed by atoms with E-state index in [4.69, 9.17) is 14.2 Å². The average Bonchev–Trinajstić information content (AvgIpc) is 2.88. The summed E-state index contributed by atoms with van der Waals surface area (Å²) in [6.45, 7) is 0.736. The number of ether oxygens (including phenoxy) is 3. The van der Waals surface area contributed by atoms with Gasteiger partial charge in [-0.1, -0.05) is 0 Å². The van der Waals surface area contributed by atoms with Crippen LogP contribution in [0.3, 0.4) is 0 Å². The van der Waals surface area contributed by atoms with Crippen LogP contribution in [0, 0.1) is 0 Å². The van der Waals surface area contributed by atoms with Gasteiger partial charge in [-0.25, -0.2) is 4.79 Å². The summed E-state index contributed by atoms with van der Waals surface area (Å²) in [6, 6.07) is 2.91. The number of urea groups is 1. The number of nitrogens with zero attached hydrogens (tertiary/aromatic N) is 3. The molecule has 2 aliphatic rings. The van der Waals surface area contributed by atoms with E-state index in [1.807, 2.05) is 0 Å². The minimum atomic E-state index is -0.863. The first kappa shape index (κ1) is 19.8. The summed E-state index contributed by atoms with van der Waals surface area (Å²) in [5, 5.41) is 0. The van der Waals surface area contributed by atoms with Crippen molar-refractivity contribution in [2.45, 2.75) is 18.4 Å². The number of hydrogen-bond donors (Lipinski definition) is 0. The molecule has 0 unspecified atom stereocenters. The number of carbonyl (C=O) groups is 3. The van der Waals surface area contributed by atoms with E-state index in [0.717, 1.165) is 4.90 Å². The second-order valence-corrected chi connectivity index (χ2v) is 6.94. The highest BCUT2D eigenvalue weighted by molar-refractivity contribution is 6.07. The van der Waals surface area contributed by atoms with Gasteiger partial charge in [0.25, 0.3) is 11.8 Å². The van der Waals surface area contributed by atoms with Gasteiger partial charge in [0.1, 0.15) is 5.54 Å². The van der Waals surface area contributed by atoms with Gasteiger partial charge in [-0.05, 0) is 25.0 Å². The number of likely N-dealkylation sites (tertiary alicyclic amines) is 1. The molecule has 0 atom stereocenters. The van der Waals surface area contributed by atoms with E-state index < -0.39 is 5.54 Å². The van der Waals surface area contributed by atoms with Crippen LogP contribution in [-0.2, 0) is 4.79 Å². The van der Waals surface area contributed by atoms with Gasteiger partial charge in [0, 0.05) is 32.7 Å². The Morgan fingerprint density at radius 1 is 0.964 bits per heavy atom. The van der Waals surface area contributed by atoms with Gasteiger partial charge in [0.05, 0.1) is 21.3 Å². The number of carbonyl (C=O) groups excluding carboxylic acids is 3. The van der Waals surface area contributed by atoms with Crippen molar-refractivity contribution in [3.8, 4) is 17.2 Å². The Kier molecular flexibility index (Phi) is 5.10. The van der Waals surface area contributed by atoms with Crippen molar-refractivity contribution in [3.63, 3.8) is 0 Å². The lowest BCUT2D eigenvalue weighted by Gasteiger charge is -2.40. The molecule has 1 aromatic rings. The fourth-order valence-electron chi connectivity index (χ4n) is 3.97. The lowest BCUT2D eigenvalue weighted by molar-refractivity contribution is -0.134. The molecule has 1 aromatic carbocycles. The van der Waals surface area contributed by atoms with Crippen LogP contribution in [0.1, 0.15) is 23.2 Å². The van der Waals surface area contributed by atoms with Gasteiger partial charge in [-0.3, -0.25) is 14.5 Å². The van der Waals surface area contributed by atoms with E-state index in [-0.39, 0.29) is 17.8 Å². The van der Waals surface area contributed by atoms with Crippen molar-refractivity contribution in [1.29, 1.82) is 0 Å². The number of piperidine rings is 1. The number of imide groups is 1. The van der Waals surface area contributed by atoms with Gasteiger partial charge < -0.3 is 24.0 Å². The molecule has 2 fully saturated rings. The maximum Gasteiger partial charge on any atom is 0.327 e. The maximum atomic E-state index is 13.0. The number of rotatable bonds is 4. The van der Waals surface area contributed by atoms with Gasteiger partial charge in [-0.15, -0.1) is 0 Å². The quantitative estimate of drug-likeness (QED) is 0.717. The molecule has 28 heavy (non-hydrogen) atoms. The van der Waals surface area contributed by atoms with E-state index in [9.17, 15) is 14.4 Å². The first-order chi connectivity index (χ1) is 13.3. The molecule has 0 aliphatic carbocycles. The number of hydrogen-bond acceptors (Lipinski definition) is 6. The topological polar surface area (TPSA) is 88.6 Å². The molecule has 2 saturated heterocycles. The second kappa shape index (κ2) is 7.21. The molecular weight excluding hydrogens is 366 g/mol. The van der Waals surface area contributed by atoms with Crippen LogP contribution in [0.15, 0.2) is 12.1 Å². The second-order valence-electron chi connectivity index (χ2n) is 6.94. The third-order valence-corrected chi connectivity index (χ3v) is 5.71. The highest BCUT2D eigenvalue weighted by Crippen LogP contribution is 2.39. The molecule has 0 N–H and O–H groups in total. The van der Waals surface area contributed by atoms with Crippen LogP contribution in [0.2, 0.25) is 0 Å². The number of benzene rings is 1. The highest BCUT2D eigenvalue weighted by Gasteiger charge is 2.55. The van der Waals surface area contributed by atoms with Crippen LogP contribution in [0.5, 0.6) is 17.2 Å². The zero-order valence-corrected chi connectivity index (χ0v) is 16.8. The first-order valence-electron chi connectivity index (χ1n) is 8.96. The van der Waals surface area contributed by atoms with E-state index in [0.29, 0.717) is 48.7 Å². The van der Waals surface area contributed by atoms with Crippen molar-refractivity contribution in [2.24, 2.45) is 0 Å². The van der Waals surface area contributed by atoms with Crippen molar-refractivity contribution in [2.75, 3.05) is 48.5 Å². The predicted octanol–water partition coefficient (Wildman–Crippen LogP) is 1.21. The summed E-state index contributed by atoms with van der Waals surface area (Å²) < 4.78 is 15.9. The molecule has 0 bridgehead atoms. The molecular formula is C19H25N3O6. The summed E-state index contributed by atoms with van der Waals surface area (Å²) in [7, 11) is 7.61. The zero-order valence-electron chi connectivity index (χ0n) is 16.8.